The first-order valence-corrected chi connectivity index (χ1v) is 33.6. The Morgan fingerprint density at radius 2 is 0.526 bits per heavy atom. The SMILES string of the molecule is CC/C=C\C/C=C\C/C=C\C/C=C\C/C=C\C/C=C\CCC(=O)OC(COC(=O)CCCCCCC/C=C\CCCCCCCCC)COC(=O)CCCCCCCCCCCCCCCCCCCCCCCCCCC. The van der Waals surface area contributed by atoms with Crippen molar-refractivity contribution in [2.24, 2.45) is 0 Å². The highest BCUT2D eigenvalue weighted by Crippen LogP contribution is 2.17. The van der Waals surface area contributed by atoms with Crippen molar-refractivity contribution in [3.8, 4) is 0 Å². The molecule has 0 amide bonds. The highest BCUT2D eigenvalue weighted by Gasteiger charge is 2.19. The van der Waals surface area contributed by atoms with Gasteiger partial charge in [-0.05, 0) is 83.5 Å². The van der Waals surface area contributed by atoms with Crippen LogP contribution in [0.25, 0.3) is 0 Å². The van der Waals surface area contributed by atoms with Gasteiger partial charge in [-0.15, -0.1) is 0 Å². The molecular formula is C72H126O6. The maximum atomic E-state index is 12.9. The van der Waals surface area contributed by atoms with E-state index in [1.165, 1.54) is 205 Å². The summed E-state index contributed by atoms with van der Waals surface area (Å²) in [4.78, 5) is 38.3. The van der Waals surface area contributed by atoms with Gasteiger partial charge < -0.3 is 14.2 Å². The van der Waals surface area contributed by atoms with Crippen LogP contribution in [-0.2, 0) is 28.6 Å². The fraction of sp³-hybridized carbons (Fsp3) is 0.764. The molecule has 0 fully saturated rings. The number of carbonyl (C=O) groups is 3. The number of allylic oxidation sites excluding steroid dienone is 14. The first-order chi connectivity index (χ1) is 38.5. The lowest BCUT2D eigenvalue weighted by atomic mass is 10.0. The molecule has 0 spiro atoms. The molecule has 0 saturated carbocycles. The summed E-state index contributed by atoms with van der Waals surface area (Å²) in [6.07, 6.45) is 87.6. The molecule has 0 N–H and O–H groups in total. The van der Waals surface area contributed by atoms with Crippen molar-refractivity contribution in [3.05, 3.63) is 85.1 Å². The molecule has 6 heteroatoms. The fourth-order valence-electron chi connectivity index (χ4n) is 9.64. The third-order valence-electron chi connectivity index (χ3n) is 14.6. The van der Waals surface area contributed by atoms with E-state index in [-0.39, 0.29) is 37.5 Å². The van der Waals surface area contributed by atoms with E-state index >= 15 is 0 Å². The van der Waals surface area contributed by atoms with E-state index in [1.54, 1.807) is 0 Å². The average molecular weight is 1090 g/mol. The predicted molar refractivity (Wildman–Crippen MR) is 339 cm³/mol. The van der Waals surface area contributed by atoms with Gasteiger partial charge in [0.15, 0.2) is 6.10 Å². The van der Waals surface area contributed by atoms with Crippen molar-refractivity contribution in [2.75, 3.05) is 13.2 Å². The number of rotatable bonds is 61. The maximum Gasteiger partial charge on any atom is 0.306 e. The van der Waals surface area contributed by atoms with E-state index in [1.807, 2.05) is 6.08 Å². The highest BCUT2D eigenvalue weighted by molar-refractivity contribution is 5.71. The van der Waals surface area contributed by atoms with Crippen LogP contribution in [0.2, 0.25) is 0 Å². The summed E-state index contributed by atoms with van der Waals surface area (Å²) < 4.78 is 16.9. The second kappa shape index (κ2) is 66.1. The Bertz CT molecular complexity index is 1480. The molecule has 78 heavy (non-hydrogen) atoms. The third-order valence-corrected chi connectivity index (χ3v) is 14.6. The molecule has 0 saturated heterocycles. The molecule has 0 aromatic heterocycles. The van der Waals surface area contributed by atoms with Gasteiger partial charge in [0, 0.05) is 19.3 Å². The van der Waals surface area contributed by atoms with Gasteiger partial charge in [0.25, 0.3) is 0 Å². The van der Waals surface area contributed by atoms with Gasteiger partial charge in [0.05, 0.1) is 0 Å². The molecule has 0 aromatic carbocycles. The molecule has 0 heterocycles. The topological polar surface area (TPSA) is 78.9 Å². The highest BCUT2D eigenvalue weighted by atomic mass is 16.6. The number of esters is 3. The van der Waals surface area contributed by atoms with Crippen LogP contribution >= 0.6 is 0 Å². The standard InChI is InChI=1S/C72H126O6/c1-4-7-10-13-16-19-22-25-28-31-33-34-35-36-37-38-40-41-44-47-50-53-56-59-62-65-71(74)77-68-69(67-76-70(73)64-61-58-55-52-49-46-43-30-27-24-21-18-15-12-9-6-3)78-72(75)66-63-60-57-54-51-48-45-42-39-32-29-26-23-20-17-14-11-8-5-2/h8,11,17,20,26,29-30,39,42-43,48,51,57,60,69H,4-7,9-10,12-16,18-19,21-25,27-28,31-38,40-41,44-47,49-50,52-56,58-59,61-68H2,1-3H3/b11-8-,20-17-,29-26-,42-39-,43-30-,51-48-,60-57-. The molecule has 0 bridgehead atoms. The van der Waals surface area contributed by atoms with Crippen molar-refractivity contribution in [1.82, 2.24) is 0 Å². The molecular weight excluding hydrogens is 961 g/mol. The van der Waals surface area contributed by atoms with Gasteiger partial charge in [-0.1, -0.05) is 318 Å². The van der Waals surface area contributed by atoms with Gasteiger partial charge in [0.1, 0.15) is 13.2 Å². The summed E-state index contributed by atoms with van der Waals surface area (Å²) in [6.45, 7) is 6.50. The molecule has 1 unspecified atom stereocenters. The Morgan fingerprint density at radius 1 is 0.269 bits per heavy atom. The molecule has 0 radical (unpaired) electrons. The fourth-order valence-corrected chi connectivity index (χ4v) is 9.64. The minimum absolute atomic E-state index is 0.106. The van der Waals surface area contributed by atoms with Crippen LogP contribution < -0.4 is 0 Å². The van der Waals surface area contributed by atoms with E-state index in [2.05, 4.69) is 99.8 Å². The van der Waals surface area contributed by atoms with Gasteiger partial charge in [-0.3, -0.25) is 14.4 Å². The van der Waals surface area contributed by atoms with Crippen LogP contribution in [0, 0.1) is 0 Å². The Kier molecular flexibility index (Phi) is 63.2. The van der Waals surface area contributed by atoms with Crippen molar-refractivity contribution >= 4 is 17.9 Å². The van der Waals surface area contributed by atoms with Gasteiger partial charge in [-0.2, -0.15) is 0 Å². The maximum absolute atomic E-state index is 12.9. The Balaban J connectivity index is 4.39. The largest absolute Gasteiger partial charge is 0.462 e. The molecule has 6 nitrogen and oxygen atoms in total. The van der Waals surface area contributed by atoms with E-state index in [9.17, 15) is 14.4 Å². The van der Waals surface area contributed by atoms with Crippen LogP contribution in [-0.4, -0.2) is 37.2 Å². The van der Waals surface area contributed by atoms with Crippen molar-refractivity contribution in [2.45, 2.75) is 341 Å². The number of hydrogen-bond acceptors (Lipinski definition) is 6. The lowest BCUT2D eigenvalue weighted by Gasteiger charge is -2.18. The lowest BCUT2D eigenvalue weighted by molar-refractivity contribution is -0.166. The number of carbonyl (C=O) groups excluding carboxylic acids is 3. The van der Waals surface area contributed by atoms with Crippen LogP contribution in [0.4, 0.5) is 0 Å². The van der Waals surface area contributed by atoms with Crippen LogP contribution in [0.1, 0.15) is 335 Å². The van der Waals surface area contributed by atoms with E-state index < -0.39 is 6.10 Å². The van der Waals surface area contributed by atoms with Crippen LogP contribution in [0.3, 0.4) is 0 Å². The normalized spacial score (nSPS) is 12.6. The van der Waals surface area contributed by atoms with Gasteiger partial charge in [-0.25, -0.2) is 0 Å². The zero-order valence-corrected chi connectivity index (χ0v) is 51.7. The molecule has 450 valence electrons. The van der Waals surface area contributed by atoms with Crippen LogP contribution in [0.5, 0.6) is 0 Å². The van der Waals surface area contributed by atoms with Crippen LogP contribution in [0.15, 0.2) is 85.1 Å². The predicted octanol–water partition coefficient (Wildman–Crippen LogP) is 23.1. The summed E-state index contributed by atoms with van der Waals surface area (Å²) >= 11 is 0. The quantitative estimate of drug-likeness (QED) is 0.0261. The molecule has 0 aliphatic heterocycles. The molecule has 0 aromatic rings. The van der Waals surface area contributed by atoms with Crippen molar-refractivity contribution < 1.29 is 28.6 Å². The second-order valence-electron chi connectivity index (χ2n) is 22.4. The summed E-state index contributed by atoms with van der Waals surface area (Å²) in [7, 11) is 0. The third kappa shape index (κ3) is 63.4. The first kappa shape index (κ1) is 74.6. The van der Waals surface area contributed by atoms with E-state index in [4.69, 9.17) is 14.2 Å². The van der Waals surface area contributed by atoms with Gasteiger partial charge in [0.2, 0.25) is 0 Å². The molecule has 1 atom stereocenters. The molecule has 0 aliphatic rings. The lowest BCUT2D eigenvalue weighted by Crippen LogP contribution is -2.30. The summed E-state index contributed by atoms with van der Waals surface area (Å²) in [5, 5.41) is 0. The number of ether oxygens (including phenoxy) is 3. The molecule has 0 aliphatic carbocycles. The Labute approximate surface area is 484 Å². The first-order valence-electron chi connectivity index (χ1n) is 33.6. The monoisotopic (exact) mass is 1090 g/mol. The summed E-state index contributed by atoms with van der Waals surface area (Å²) in [6, 6.07) is 0. The average Bonchev–Trinajstić information content (AvgIpc) is 3.44. The van der Waals surface area contributed by atoms with Gasteiger partial charge >= 0.3 is 17.9 Å². The number of unbranched alkanes of at least 4 members (excludes halogenated alkanes) is 36. The van der Waals surface area contributed by atoms with Crippen molar-refractivity contribution in [1.29, 1.82) is 0 Å². The summed E-state index contributed by atoms with van der Waals surface area (Å²) in [5.41, 5.74) is 0. The summed E-state index contributed by atoms with van der Waals surface area (Å²) in [5.74, 6) is -0.985. The van der Waals surface area contributed by atoms with Crippen molar-refractivity contribution in [3.63, 3.8) is 0 Å². The Hall–Kier alpha value is -3.41. The Morgan fingerprint density at radius 3 is 0.833 bits per heavy atom. The number of hydrogen-bond donors (Lipinski definition) is 0. The smallest absolute Gasteiger partial charge is 0.306 e. The van der Waals surface area contributed by atoms with E-state index in [0.717, 1.165) is 83.5 Å². The second-order valence-corrected chi connectivity index (χ2v) is 22.4. The minimum atomic E-state index is -0.821. The minimum Gasteiger partial charge on any atom is -0.462 e. The zero-order valence-electron chi connectivity index (χ0n) is 51.7. The zero-order chi connectivity index (χ0) is 56.4. The van der Waals surface area contributed by atoms with E-state index in [0.29, 0.717) is 19.3 Å². The molecule has 0 rings (SSSR count).